The normalized spacial score (nSPS) is 22.4. The molecule has 2 aromatic rings. The molecule has 0 saturated carbocycles. The van der Waals surface area contributed by atoms with Gasteiger partial charge in [0.1, 0.15) is 17.6 Å². The molecule has 5 nitrogen and oxygen atoms in total. The van der Waals surface area contributed by atoms with Crippen molar-refractivity contribution in [2.24, 2.45) is 0 Å². The first-order valence-electron chi connectivity index (χ1n) is 8.00. The summed E-state index contributed by atoms with van der Waals surface area (Å²) >= 11 is 0. The van der Waals surface area contributed by atoms with Crippen LogP contribution in [0.25, 0.3) is 0 Å². The van der Waals surface area contributed by atoms with E-state index in [0.717, 1.165) is 25.1 Å². The van der Waals surface area contributed by atoms with Gasteiger partial charge < -0.3 is 14.8 Å². The van der Waals surface area contributed by atoms with Gasteiger partial charge in [-0.2, -0.15) is 0 Å². The number of hydrogen-bond acceptors (Lipinski definition) is 5. The average Bonchev–Trinajstić information content (AvgIpc) is 2.99. The van der Waals surface area contributed by atoms with Gasteiger partial charge >= 0.3 is 0 Å². The van der Waals surface area contributed by atoms with Crippen molar-refractivity contribution in [3.8, 4) is 11.5 Å². The Bertz CT molecular complexity index is 861. The molecule has 126 valence electrons. The van der Waals surface area contributed by atoms with E-state index >= 15 is 0 Å². The largest absolute Gasteiger partial charge is 0.497 e. The van der Waals surface area contributed by atoms with Gasteiger partial charge in [0.2, 0.25) is 9.84 Å². The first kappa shape index (κ1) is 15.5. The molecule has 1 N–H and O–H groups in total. The molecule has 0 aromatic heterocycles. The Morgan fingerprint density at radius 3 is 2.62 bits per heavy atom. The Morgan fingerprint density at radius 1 is 1.12 bits per heavy atom. The Balaban J connectivity index is 1.69. The maximum atomic E-state index is 12.8. The van der Waals surface area contributed by atoms with Crippen LogP contribution in [0.3, 0.4) is 0 Å². The summed E-state index contributed by atoms with van der Waals surface area (Å²) in [5.74, 6) is 1.69. The summed E-state index contributed by atoms with van der Waals surface area (Å²) < 4.78 is 36.7. The van der Waals surface area contributed by atoms with E-state index in [9.17, 15) is 8.42 Å². The number of hydrogen-bond donors (Lipinski definition) is 1. The molecule has 1 fully saturated rings. The number of sulfone groups is 1. The van der Waals surface area contributed by atoms with Crippen LogP contribution >= 0.6 is 0 Å². The molecule has 0 spiro atoms. The monoisotopic (exact) mass is 345 g/mol. The van der Waals surface area contributed by atoms with Gasteiger partial charge in [0.05, 0.1) is 16.9 Å². The molecule has 0 bridgehead atoms. The van der Waals surface area contributed by atoms with Crippen LogP contribution in [0.5, 0.6) is 11.5 Å². The minimum Gasteiger partial charge on any atom is -0.497 e. The molecule has 24 heavy (non-hydrogen) atoms. The van der Waals surface area contributed by atoms with Crippen LogP contribution < -0.4 is 14.8 Å². The van der Waals surface area contributed by atoms with E-state index in [1.54, 1.807) is 43.5 Å². The molecule has 2 aliphatic heterocycles. The van der Waals surface area contributed by atoms with Crippen molar-refractivity contribution in [1.29, 1.82) is 0 Å². The summed E-state index contributed by atoms with van der Waals surface area (Å²) in [5.41, 5.74) is 1.12. The zero-order valence-electron chi connectivity index (χ0n) is 13.4. The average molecular weight is 345 g/mol. The summed E-state index contributed by atoms with van der Waals surface area (Å²) in [6.07, 6.45) is 1.12. The van der Waals surface area contributed by atoms with Crippen LogP contribution in [-0.4, -0.2) is 34.7 Å². The Morgan fingerprint density at radius 2 is 1.88 bits per heavy atom. The molecule has 4 rings (SSSR count). The molecule has 0 amide bonds. The summed E-state index contributed by atoms with van der Waals surface area (Å²) in [5, 5.41) is 3.32. The summed E-state index contributed by atoms with van der Waals surface area (Å²) in [4.78, 5) is 0.512. The number of benzene rings is 2. The van der Waals surface area contributed by atoms with Gasteiger partial charge in [-0.25, -0.2) is 8.42 Å². The molecule has 2 aliphatic rings. The molecule has 0 radical (unpaired) electrons. The predicted molar refractivity (Wildman–Crippen MR) is 89.5 cm³/mol. The van der Waals surface area contributed by atoms with Crippen LogP contribution in [0.2, 0.25) is 0 Å². The van der Waals surface area contributed by atoms with E-state index in [1.807, 2.05) is 6.07 Å². The Labute approximate surface area is 141 Å². The molecule has 6 heteroatoms. The predicted octanol–water partition coefficient (Wildman–Crippen LogP) is 2.37. The molecule has 2 unspecified atom stereocenters. The van der Waals surface area contributed by atoms with Crippen molar-refractivity contribution in [3.05, 3.63) is 48.0 Å². The fourth-order valence-electron chi connectivity index (χ4n) is 3.45. The van der Waals surface area contributed by atoms with Crippen LogP contribution in [0.4, 0.5) is 0 Å². The maximum Gasteiger partial charge on any atom is 0.206 e. The number of piperidine rings is 1. The van der Waals surface area contributed by atoms with Crippen LogP contribution in [-0.2, 0) is 9.84 Å². The highest BCUT2D eigenvalue weighted by molar-refractivity contribution is 7.91. The topological polar surface area (TPSA) is 64.6 Å². The van der Waals surface area contributed by atoms with Crippen LogP contribution in [0.1, 0.15) is 17.9 Å². The first-order valence-corrected chi connectivity index (χ1v) is 9.48. The number of fused-ring (bicyclic) bond motifs is 3. The van der Waals surface area contributed by atoms with Gasteiger partial charge in [0, 0.05) is 18.0 Å². The van der Waals surface area contributed by atoms with E-state index in [2.05, 4.69) is 5.32 Å². The second-order valence-corrected chi connectivity index (χ2v) is 8.08. The fourth-order valence-corrected chi connectivity index (χ4v) is 4.73. The Kier molecular flexibility index (Phi) is 3.73. The third-order valence-corrected chi connectivity index (χ3v) is 6.54. The SMILES string of the molecule is COc1ccc(S(=O)(=O)c2ccc3c(c2)OC2CNCCC32)cc1. The zero-order valence-corrected chi connectivity index (χ0v) is 14.2. The van der Waals surface area contributed by atoms with Crippen molar-refractivity contribution in [2.45, 2.75) is 28.2 Å². The van der Waals surface area contributed by atoms with Gasteiger partial charge in [-0.1, -0.05) is 6.07 Å². The number of ether oxygens (including phenoxy) is 2. The van der Waals surface area contributed by atoms with Crippen molar-refractivity contribution < 1.29 is 17.9 Å². The second-order valence-electron chi connectivity index (χ2n) is 6.13. The van der Waals surface area contributed by atoms with Gasteiger partial charge in [-0.15, -0.1) is 0 Å². The molecule has 2 heterocycles. The standard InChI is InChI=1S/C18H19NO4S/c1-22-12-2-4-13(5-3-12)24(20,21)14-6-7-15-16-8-9-19-11-18(16)23-17(15)10-14/h2-7,10,16,18-19H,8-9,11H2,1H3. The highest BCUT2D eigenvalue weighted by Crippen LogP contribution is 2.42. The fraction of sp³-hybridized carbons (Fsp3) is 0.333. The third kappa shape index (κ3) is 2.46. The van der Waals surface area contributed by atoms with E-state index in [0.29, 0.717) is 17.4 Å². The molecule has 2 aromatic carbocycles. The quantitative estimate of drug-likeness (QED) is 0.925. The summed E-state index contributed by atoms with van der Waals surface area (Å²) in [6, 6.07) is 11.7. The lowest BCUT2D eigenvalue weighted by Gasteiger charge is -2.24. The molecular formula is C18H19NO4S. The molecular weight excluding hydrogens is 326 g/mol. The van der Waals surface area contributed by atoms with Gasteiger partial charge in [-0.3, -0.25) is 0 Å². The van der Waals surface area contributed by atoms with Gasteiger partial charge in [0.25, 0.3) is 0 Å². The van der Waals surface area contributed by atoms with E-state index < -0.39 is 9.84 Å². The van der Waals surface area contributed by atoms with Crippen molar-refractivity contribution in [3.63, 3.8) is 0 Å². The zero-order chi connectivity index (χ0) is 16.7. The number of rotatable bonds is 3. The van der Waals surface area contributed by atoms with Gasteiger partial charge in [0.15, 0.2) is 0 Å². The molecule has 2 atom stereocenters. The number of nitrogens with one attached hydrogen (secondary N) is 1. The third-order valence-electron chi connectivity index (χ3n) is 4.77. The molecule has 1 saturated heterocycles. The minimum absolute atomic E-state index is 0.104. The van der Waals surface area contributed by atoms with Crippen molar-refractivity contribution in [2.75, 3.05) is 20.2 Å². The van der Waals surface area contributed by atoms with Gasteiger partial charge in [-0.05, 0) is 49.4 Å². The van der Waals surface area contributed by atoms with Crippen molar-refractivity contribution >= 4 is 9.84 Å². The van der Waals surface area contributed by atoms with Crippen LogP contribution in [0, 0.1) is 0 Å². The summed E-state index contributed by atoms with van der Waals surface area (Å²) in [6.45, 7) is 1.77. The lowest BCUT2D eigenvalue weighted by atomic mass is 9.90. The van der Waals surface area contributed by atoms with E-state index in [-0.39, 0.29) is 15.9 Å². The van der Waals surface area contributed by atoms with Crippen LogP contribution in [0.15, 0.2) is 52.3 Å². The lowest BCUT2D eigenvalue weighted by molar-refractivity contribution is 0.176. The maximum absolute atomic E-state index is 12.8. The first-order chi connectivity index (χ1) is 11.6. The van der Waals surface area contributed by atoms with E-state index in [1.165, 1.54) is 0 Å². The minimum atomic E-state index is -3.57. The highest BCUT2D eigenvalue weighted by atomic mass is 32.2. The smallest absolute Gasteiger partial charge is 0.206 e. The van der Waals surface area contributed by atoms with Crippen molar-refractivity contribution in [1.82, 2.24) is 5.32 Å². The summed E-state index contributed by atoms with van der Waals surface area (Å²) in [7, 11) is -2.02. The number of methoxy groups -OCH3 is 1. The lowest BCUT2D eigenvalue weighted by Crippen LogP contribution is -2.39. The highest BCUT2D eigenvalue weighted by Gasteiger charge is 2.36. The Hall–Kier alpha value is -2.05. The van der Waals surface area contributed by atoms with E-state index in [4.69, 9.17) is 9.47 Å². The second kappa shape index (κ2) is 5.79. The molecule has 0 aliphatic carbocycles.